The molecule has 0 spiro atoms. The Bertz CT molecular complexity index is 917. The van der Waals surface area contributed by atoms with E-state index in [2.05, 4.69) is 58.0 Å². The molecule has 0 radical (unpaired) electrons. The average molecular weight is 390 g/mol. The van der Waals surface area contributed by atoms with E-state index in [9.17, 15) is 0 Å². The van der Waals surface area contributed by atoms with Crippen LogP contribution < -0.4 is 15.5 Å². The van der Waals surface area contributed by atoms with Gasteiger partial charge in [-0.1, -0.05) is 42.5 Å². The standard InChI is InChI=1S/C24H31N5/c1-29(2)23-21-10-6-7-11-22(21)27-24(28-23)26-20-14-12-19(13-15-20)25-17-16-18-8-4-3-5-9-18/h3-11,19-20,25H,12-17H2,1-2H3,(H,26,27,28)/t19-,20+. The zero-order valence-corrected chi connectivity index (χ0v) is 17.4. The van der Waals surface area contributed by atoms with Crippen molar-refractivity contribution in [3.63, 3.8) is 0 Å². The number of hydrogen-bond donors (Lipinski definition) is 2. The van der Waals surface area contributed by atoms with Crippen LogP contribution in [0.3, 0.4) is 0 Å². The van der Waals surface area contributed by atoms with Gasteiger partial charge in [0.05, 0.1) is 5.52 Å². The molecule has 1 heterocycles. The van der Waals surface area contributed by atoms with Crippen LogP contribution in [0.25, 0.3) is 10.9 Å². The van der Waals surface area contributed by atoms with Gasteiger partial charge in [-0.3, -0.25) is 0 Å². The SMILES string of the molecule is CN(C)c1nc(N[C@H]2CC[C@@H](NCCc3ccccc3)CC2)nc2ccccc12. The van der Waals surface area contributed by atoms with Crippen molar-refractivity contribution in [1.82, 2.24) is 15.3 Å². The van der Waals surface area contributed by atoms with E-state index in [1.54, 1.807) is 0 Å². The molecule has 1 saturated carbocycles. The predicted octanol–water partition coefficient (Wildman–Crippen LogP) is 4.25. The summed E-state index contributed by atoms with van der Waals surface area (Å²) in [5.41, 5.74) is 2.39. The maximum atomic E-state index is 4.78. The lowest BCUT2D eigenvalue weighted by atomic mass is 9.91. The Balaban J connectivity index is 1.30. The fourth-order valence-electron chi connectivity index (χ4n) is 4.16. The molecular formula is C24H31N5. The number of benzene rings is 2. The normalized spacial score (nSPS) is 19.2. The third kappa shape index (κ3) is 5.04. The highest BCUT2D eigenvalue weighted by Gasteiger charge is 2.21. The highest BCUT2D eigenvalue weighted by atomic mass is 15.2. The first-order valence-electron chi connectivity index (χ1n) is 10.7. The molecule has 0 bridgehead atoms. The van der Waals surface area contributed by atoms with Gasteiger partial charge in [0, 0.05) is 31.6 Å². The van der Waals surface area contributed by atoms with Crippen LogP contribution in [0.15, 0.2) is 54.6 Å². The third-order valence-electron chi connectivity index (χ3n) is 5.76. The molecule has 0 unspecified atom stereocenters. The summed E-state index contributed by atoms with van der Waals surface area (Å²) >= 11 is 0. The maximum Gasteiger partial charge on any atom is 0.225 e. The van der Waals surface area contributed by atoms with Crippen molar-refractivity contribution in [2.45, 2.75) is 44.2 Å². The van der Waals surface area contributed by atoms with Gasteiger partial charge in [0.1, 0.15) is 5.82 Å². The number of fused-ring (bicyclic) bond motifs is 1. The van der Waals surface area contributed by atoms with Crippen LogP contribution in [-0.4, -0.2) is 42.7 Å². The minimum Gasteiger partial charge on any atom is -0.362 e. The lowest BCUT2D eigenvalue weighted by molar-refractivity contribution is 0.355. The van der Waals surface area contributed by atoms with Crippen molar-refractivity contribution in [3.05, 3.63) is 60.2 Å². The summed E-state index contributed by atoms with van der Waals surface area (Å²) in [4.78, 5) is 11.6. The van der Waals surface area contributed by atoms with Gasteiger partial charge in [-0.2, -0.15) is 4.98 Å². The fraction of sp³-hybridized carbons (Fsp3) is 0.417. The molecule has 2 aromatic carbocycles. The van der Waals surface area contributed by atoms with E-state index in [4.69, 9.17) is 9.97 Å². The number of anilines is 2. The monoisotopic (exact) mass is 389 g/mol. The molecule has 29 heavy (non-hydrogen) atoms. The van der Waals surface area contributed by atoms with E-state index in [0.29, 0.717) is 12.1 Å². The molecule has 1 aliphatic rings. The minimum atomic E-state index is 0.443. The van der Waals surface area contributed by atoms with Crippen LogP contribution in [0.4, 0.5) is 11.8 Å². The molecule has 4 rings (SSSR count). The van der Waals surface area contributed by atoms with E-state index in [-0.39, 0.29) is 0 Å². The van der Waals surface area contributed by atoms with Crippen molar-refractivity contribution < 1.29 is 0 Å². The summed E-state index contributed by atoms with van der Waals surface area (Å²) in [6.07, 6.45) is 5.78. The summed E-state index contributed by atoms with van der Waals surface area (Å²) in [7, 11) is 4.07. The van der Waals surface area contributed by atoms with Gasteiger partial charge >= 0.3 is 0 Å². The zero-order valence-electron chi connectivity index (χ0n) is 17.4. The summed E-state index contributed by atoms with van der Waals surface area (Å²) in [6, 6.07) is 20.0. The second-order valence-electron chi connectivity index (χ2n) is 8.17. The van der Waals surface area contributed by atoms with Crippen LogP contribution >= 0.6 is 0 Å². The molecular weight excluding hydrogens is 358 g/mol. The first kappa shape index (κ1) is 19.6. The highest BCUT2D eigenvalue weighted by Crippen LogP contribution is 2.26. The van der Waals surface area contributed by atoms with E-state index in [1.165, 1.54) is 18.4 Å². The van der Waals surface area contributed by atoms with Crippen molar-refractivity contribution in [2.24, 2.45) is 0 Å². The smallest absolute Gasteiger partial charge is 0.225 e. The minimum absolute atomic E-state index is 0.443. The molecule has 3 aromatic rings. The van der Waals surface area contributed by atoms with Crippen molar-refractivity contribution in [1.29, 1.82) is 0 Å². The van der Waals surface area contributed by atoms with Crippen molar-refractivity contribution >= 4 is 22.7 Å². The van der Waals surface area contributed by atoms with Crippen LogP contribution in [0, 0.1) is 0 Å². The summed E-state index contributed by atoms with van der Waals surface area (Å²) in [5, 5.41) is 8.42. The van der Waals surface area contributed by atoms with Gasteiger partial charge in [-0.05, 0) is 56.3 Å². The number of nitrogens with one attached hydrogen (secondary N) is 2. The Morgan fingerprint density at radius 2 is 1.55 bits per heavy atom. The van der Waals surface area contributed by atoms with Gasteiger partial charge < -0.3 is 15.5 Å². The van der Waals surface area contributed by atoms with Crippen LogP contribution in [0.5, 0.6) is 0 Å². The molecule has 152 valence electrons. The largest absolute Gasteiger partial charge is 0.362 e. The number of hydrogen-bond acceptors (Lipinski definition) is 5. The Morgan fingerprint density at radius 3 is 2.31 bits per heavy atom. The molecule has 0 aliphatic heterocycles. The Labute approximate surface area is 173 Å². The first-order valence-corrected chi connectivity index (χ1v) is 10.7. The van der Waals surface area contributed by atoms with Crippen LogP contribution in [-0.2, 0) is 6.42 Å². The summed E-state index contributed by atoms with van der Waals surface area (Å²) in [5.74, 6) is 1.71. The maximum absolute atomic E-state index is 4.78. The number of para-hydroxylation sites is 1. The van der Waals surface area contributed by atoms with Crippen molar-refractivity contribution in [2.75, 3.05) is 30.9 Å². The lowest BCUT2D eigenvalue weighted by Crippen LogP contribution is -2.38. The average Bonchev–Trinajstić information content (AvgIpc) is 2.75. The number of nitrogens with zero attached hydrogens (tertiary/aromatic N) is 3. The van der Waals surface area contributed by atoms with Crippen molar-refractivity contribution in [3.8, 4) is 0 Å². The van der Waals surface area contributed by atoms with Gasteiger partial charge in [-0.25, -0.2) is 4.98 Å². The third-order valence-corrected chi connectivity index (χ3v) is 5.76. The van der Waals surface area contributed by atoms with Gasteiger partial charge in [0.25, 0.3) is 0 Å². The molecule has 1 fully saturated rings. The topological polar surface area (TPSA) is 53.1 Å². The van der Waals surface area contributed by atoms with Crippen LogP contribution in [0.1, 0.15) is 31.2 Å². The summed E-state index contributed by atoms with van der Waals surface area (Å²) in [6.45, 7) is 1.05. The van der Waals surface area contributed by atoms with Gasteiger partial charge in [0.15, 0.2) is 0 Å². The van der Waals surface area contributed by atoms with Gasteiger partial charge in [0.2, 0.25) is 5.95 Å². The van der Waals surface area contributed by atoms with Gasteiger partial charge in [-0.15, -0.1) is 0 Å². The Morgan fingerprint density at radius 1 is 0.862 bits per heavy atom. The number of rotatable bonds is 7. The highest BCUT2D eigenvalue weighted by molar-refractivity contribution is 5.90. The Hall–Kier alpha value is -2.66. The van der Waals surface area contributed by atoms with E-state index in [1.807, 2.05) is 26.2 Å². The quantitative estimate of drug-likeness (QED) is 0.633. The second-order valence-corrected chi connectivity index (χ2v) is 8.17. The molecule has 5 heteroatoms. The van der Waals surface area contributed by atoms with E-state index >= 15 is 0 Å². The van der Waals surface area contributed by atoms with E-state index in [0.717, 1.165) is 48.5 Å². The summed E-state index contributed by atoms with van der Waals surface area (Å²) < 4.78 is 0. The second kappa shape index (κ2) is 9.23. The molecule has 0 atom stereocenters. The Kier molecular flexibility index (Phi) is 6.25. The molecule has 5 nitrogen and oxygen atoms in total. The molecule has 2 N–H and O–H groups in total. The van der Waals surface area contributed by atoms with Crippen LogP contribution in [0.2, 0.25) is 0 Å². The molecule has 0 amide bonds. The lowest BCUT2D eigenvalue weighted by Gasteiger charge is -2.30. The van der Waals surface area contributed by atoms with E-state index < -0.39 is 0 Å². The first-order chi connectivity index (χ1) is 14.2. The molecule has 1 aliphatic carbocycles. The zero-order chi connectivity index (χ0) is 20.1. The fourth-order valence-corrected chi connectivity index (χ4v) is 4.16. The molecule has 1 aromatic heterocycles. The molecule has 0 saturated heterocycles. The predicted molar refractivity (Wildman–Crippen MR) is 122 cm³/mol. The number of aromatic nitrogens is 2.